The SMILES string of the molecule is C=C(NCc1[nH]nc(-c2ccc(F)cc2)c1-c1ccncc1)C(C)(C)C.CC. The molecule has 1 aromatic carbocycles. The fourth-order valence-corrected chi connectivity index (χ4v) is 2.61. The number of rotatable bonds is 5. The number of H-pyrrole nitrogens is 1. The van der Waals surface area contributed by atoms with Gasteiger partial charge in [-0.1, -0.05) is 41.2 Å². The van der Waals surface area contributed by atoms with Crippen LogP contribution in [-0.4, -0.2) is 15.2 Å². The summed E-state index contributed by atoms with van der Waals surface area (Å²) in [6, 6.07) is 10.3. The quantitative estimate of drug-likeness (QED) is 0.575. The van der Waals surface area contributed by atoms with Crippen LogP contribution >= 0.6 is 0 Å². The molecule has 5 heteroatoms. The lowest BCUT2D eigenvalue weighted by Crippen LogP contribution is -2.23. The van der Waals surface area contributed by atoms with E-state index in [-0.39, 0.29) is 11.2 Å². The van der Waals surface area contributed by atoms with Gasteiger partial charge in [-0.2, -0.15) is 5.10 Å². The normalized spacial score (nSPS) is 10.8. The van der Waals surface area contributed by atoms with Gasteiger partial charge in [-0.3, -0.25) is 10.1 Å². The van der Waals surface area contributed by atoms with Gasteiger partial charge in [0.1, 0.15) is 11.5 Å². The molecule has 0 saturated carbocycles. The molecule has 0 aliphatic heterocycles. The van der Waals surface area contributed by atoms with E-state index < -0.39 is 0 Å². The Morgan fingerprint density at radius 1 is 1.04 bits per heavy atom. The molecule has 2 aromatic heterocycles. The van der Waals surface area contributed by atoms with Gasteiger partial charge in [-0.05, 0) is 42.0 Å². The average Bonchev–Trinajstić information content (AvgIpc) is 3.12. The van der Waals surface area contributed by atoms with E-state index in [9.17, 15) is 4.39 Å². The molecule has 0 unspecified atom stereocenters. The van der Waals surface area contributed by atoms with Gasteiger partial charge in [-0.25, -0.2) is 4.39 Å². The fraction of sp³-hybridized carbons (Fsp3) is 0.304. The van der Waals surface area contributed by atoms with E-state index in [4.69, 9.17) is 0 Å². The summed E-state index contributed by atoms with van der Waals surface area (Å²) in [7, 11) is 0. The van der Waals surface area contributed by atoms with Crippen molar-refractivity contribution in [1.29, 1.82) is 0 Å². The Balaban J connectivity index is 0.00000136. The van der Waals surface area contributed by atoms with Crippen molar-refractivity contribution in [3.05, 3.63) is 72.6 Å². The van der Waals surface area contributed by atoms with Crippen LogP contribution in [0.15, 0.2) is 61.1 Å². The molecule has 2 heterocycles. The maximum absolute atomic E-state index is 13.3. The third kappa shape index (κ3) is 5.06. The molecule has 0 radical (unpaired) electrons. The lowest BCUT2D eigenvalue weighted by atomic mass is 9.92. The van der Waals surface area contributed by atoms with Gasteiger partial charge in [-0.15, -0.1) is 0 Å². The maximum Gasteiger partial charge on any atom is 0.123 e. The second-order valence-corrected chi connectivity index (χ2v) is 7.25. The lowest BCUT2D eigenvalue weighted by Gasteiger charge is -2.23. The molecule has 0 atom stereocenters. The van der Waals surface area contributed by atoms with Crippen molar-refractivity contribution < 1.29 is 4.39 Å². The summed E-state index contributed by atoms with van der Waals surface area (Å²) in [5, 5.41) is 11.0. The van der Waals surface area contributed by atoms with Crippen LogP contribution in [-0.2, 0) is 6.54 Å². The van der Waals surface area contributed by atoms with Crippen LogP contribution in [0, 0.1) is 11.2 Å². The molecule has 28 heavy (non-hydrogen) atoms. The third-order valence-corrected chi connectivity index (χ3v) is 4.31. The van der Waals surface area contributed by atoms with Crippen molar-refractivity contribution in [3.63, 3.8) is 0 Å². The minimum atomic E-state index is -0.266. The maximum atomic E-state index is 13.3. The minimum absolute atomic E-state index is 0.0311. The largest absolute Gasteiger partial charge is 0.383 e. The lowest BCUT2D eigenvalue weighted by molar-refractivity contribution is 0.460. The molecule has 148 valence electrons. The average molecular weight is 381 g/mol. The highest BCUT2D eigenvalue weighted by atomic mass is 19.1. The predicted octanol–water partition coefficient (Wildman–Crippen LogP) is 5.95. The Kier molecular flexibility index (Phi) is 7.10. The van der Waals surface area contributed by atoms with Crippen molar-refractivity contribution in [2.75, 3.05) is 0 Å². The summed E-state index contributed by atoms with van der Waals surface area (Å²) in [5.41, 5.74) is 5.50. The first-order valence-corrected chi connectivity index (χ1v) is 9.53. The number of benzene rings is 1. The van der Waals surface area contributed by atoms with E-state index in [1.165, 1.54) is 12.1 Å². The number of nitrogens with one attached hydrogen (secondary N) is 2. The number of aromatic amines is 1. The summed E-state index contributed by atoms with van der Waals surface area (Å²) < 4.78 is 13.3. The molecule has 0 bridgehead atoms. The van der Waals surface area contributed by atoms with Crippen LogP contribution in [0.3, 0.4) is 0 Å². The molecule has 3 rings (SSSR count). The second kappa shape index (κ2) is 9.31. The third-order valence-electron chi connectivity index (χ3n) is 4.31. The zero-order chi connectivity index (χ0) is 20.7. The number of nitrogens with zero attached hydrogens (tertiary/aromatic N) is 2. The summed E-state index contributed by atoms with van der Waals surface area (Å²) in [5.74, 6) is -0.266. The molecular formula is C23H29FN4. The molecule has 2 N–H and O–H groups in total. The van der Waals surface area contributed by atoms with Crippen molar-refractivity contribution in [3.8, 4) is 22.4 Å². The van der Waals surface area contributed by atoms with Crippen LogP contribution in [0.2, 0.25) is 0 Å². The Morgan fingerprint density at radius 2 is 1.64 bits per heavy atom. The Labute approximate surface area is 166 Å². The van der Waals surface area contributed by atoms with Crippen molar-refractivity contribution in [1.82, 2.24) is 20.5 Å². The van der Waals surface area contributed by atoms with Gasteiger partial charge >= 0.3 is 0 Å². The molecule has 0 amide bonds. The molecule has 0 aliphatic carbocycles. The molecule has 0 fully saturated rings. The Bertz CT molecular complexity index is 891. The number of hydrogen-bond donors (Lipinski definition) is 2. The highest BCUT2D eigenvalue weighted by Crippen LogP contribution is 2.33. The highest BCUT2D eigenvalue weighted by molar-refractivity contribution is 5.82. The monoisotopic (exact) mass is 380 g/mol. The van der Waals surface area contributed by atoms with Crippen LogP contribution in [0.1, 0.15) is 40.3 Å². The molecular weight excluding hydrogens is 351 g/mol. The first-order chi connectivity index (χ1) is 13.4. The van der Waals surface area contributed by atoms with Gasteiger partial charge < -0.3 is 5.32 Å². The van der Waals surface area contributed by atoms with E-state index in [1.54, 1.807) is 24.5 Å². The van der Waals surface area contributed by atoms with Gasteiger partial charge in [0.05, 0.1) is 12.2 Å². The van der Waals surface area contributed by atoms with Crippen molar-refractivity contribution in [2.24, 2.45) is 5.41 Å². The molecule has 3 aromatic rings. The zero-order valence-corrected chi connectivity index (χ0v) is 17.3. The van der Waals surface area contributed by atoms with E-state index in [0.29, 0.717) is 6.54 Å². The van der Waals surface area contributed by atoms with Crippen LogP contribution in [0.25, 0.3) is 22.4 Å². The van der Waals surface area contributed by atoms with Crippen molar-refractivity contribution in [2.45, 2.75) is 41.2 Å². The molecule has 0 aliphatic rings. The number of halogens is 1. The topological polar surface area (TPSA) is 53.6 Å². The van der Waals surface area contributed by atoms with Crippen LogP contribution in [0.5, 0.6) is 0 Å². The smallest absolute Gasteiger partial charge is 0.123 e. The van der Waals surface area contributed by atoms with Gasteiger partial charge in [0.25, 0.3) is 0 Å². The van der Waals surface area contributed by atoms with E-state index in [2.05, 4.69) is 47.8 Å². The van der Waals surface area contributed by atoms with E-state index >= 15 is 0 Å². The first kappa shape index (κ1) is 21.4. The summed E-state index contributed by atoms with van der Waals surface area (Å²) in [6.45, 7) is 15.0. The summed E-state index contributed by atoms with van der Waals surface area (Å²) >= 11 is 0. The van der Waals surface area contributed by atoms with Crippen molar-refractivity contribution >= 4 is 0 Å². The Morgan fingerprint density at radius 3 is 2.21 bits per heavy atom. The van der Waals surface area contributed by atoms with E-state index in [0.717, 1.165) is 33.8 Å². The molecule has 4 nitrogen and oxygen atoms in total. The Hall–Kier alpha value is -2.95. The minimum Gasteiger partial charge on any atom is -0.383 e. The highest BCUT2D eigenvalue weighted by Gasteiger charge is 2.19. The standard InChI is InChI=1S/C21H23FN4.C2H6/c1-14(21(2,3)4)24-13-18-19(15-9-11-23-12-10-15)20(26-25-18)16-5-7-17(22)8-6-16;1-2/h5-12,24H,1,13H2,2-4H3,(H,25,26);1-2H3. The molecule has 0 spiro atoms. The van der Waals surface area contributed by atoms with E-state index in [1.807, 2.05) is 26.0 Å². The number of aromatic nitrogens is 3. The van der Waals surface area contributed by atoms with Gasteiger partial charge in [0.15, 0.2) is 0 Å². The number of allylic oxidation sites excluding steroid dienone is 1. The molecule has 0 saturated heterocycles. The number of pyridine rings is 1. The first-order valence-electron chi connectivity index (χ1n) is 9.53. The zero-order valence-electron chi connectivity index (χ0n) is 17.3. The summed E-state index contributed by atoms with van der Waals surface area (Å²) in [6.07, 6.45) is 3.50. The number of hydrogen-bond acceptors (Lipinski definition) is 3. The van der Waals surface area contributed by atoms with Gasteiger partial charge in [0.2, 0.25) is 0 Å². The van der Waals surface area contributed by atoms with Crippen LogP contribution < -0.4 is 5.32 Å². The summed E-state index contributed by atoms with van der Waals surface area (Å²) in [4.78, 5) is 4.10. The fourth-order valence-electron chi connectivity index (χ4n) is 2.61. The second-order valence-electron chi connectivity index (χ2n) is 7.25. The van der Waals surface area contributed by atoms with Gasteiger partial charge in [0, 0.05) is 34.6 Å². The predicted molar refractivity (Wildman–Crippen MR) is 114 cm³/mol. The van der Waals surface area contributed by atoms with Crippen LogP contribution in [0.4, 0.5) is 4.39 Å².